The number of aliphatic hydroxyl groups excluding tert-OH is 1. The Bertz CT molecular complexity index is 286. The maximum Gasteiger partial charge on any atom is 0.187 e. The van der Waals surface area contributed by atoms with E-state index in [0.29, 0.717) is 19.3 Å². The van der Waals surface area contributed by atoms with E-state index in [4.69, 9.17) is 14.2 Å². The maximum absolute atomic E-state index is 11.5. The largest absolute Gasteiger partial charge is 0.390 e. The van der Waals surface area contributed by atoms with Gasteiger partial charge in [0.1, 0.15) is 11.9 Å². The highest BCUT2D eigenvalue weighted by Crippen LogP contribution is 2.32. The Morgan fingerprint density at radius 2 is 2.06 bits per heavy atom. The van der Waals surface area contributed by atoms with Gasteiger partial charge in [0, 0.05) is 25.2 Å². The van der Waals surface area contributed by atoms with Crippen LogP contribution in [0.5, 0.6) is 0 Å². The lowest BCUT2D eigenvalue weighted by Gasteiger charge is -2.31. The fourth-order valence-electron chi connectivity index (χ4n) is 2.23. The topological polar surface area (TPSA) is 65.0 Å². The lowest BCUT2D eigenvalue weighted by Crippen LogP contribution is -2.44. The minimum Gasteiger partial charge on any atom is -0.390 e. The van der Waals surface area contributed by atoms with Gasteiger partial charge in [0.05, 0.1) is 12.2 Å². The molecule has 2 aliphatic rings. The number of hydrogen-bond donors (Lipinski definition) is 1. The van der Waals surface area contributed by atoms with Crippen molar-refractivity contribution in [1.29, 1.82) is 0 Å². The van der Waals surface area contributed by atoms with E-state index in [2.05, 4.69) is 0 Å². The maximum atomic E-state index is 11.5. The summed E-state index contributed by atoms with van der Waals surface area (Å²) in [5.74, 6) is 0.262. The molecule has 0 amide bonds. The summed E-state index contributed by atoms with van der Waals surface area (Å²) in [4.78, 5) is 11.5. The number of fused-ring (bicyclic) bond motifs is 1. The highest BCUT2D eigenvalue weighted by Gasteiger charge is 2.43. The molecule has 5 nitrogen and oxygen atoms in total. The Morgan fingerprint density at radius 3 is 2.72 bits per heavy atom. The highest BCUT2D eigenvalue weighted by molar-refractivity contribution is 5.80. The summed E-state index contributed by atoms with van der Waals surface area (Å²) in [6, 6.07) is 0. The van der Waals surface area contributed by atoms with E-state index in [1.54, 1.807) is 0 Å². The fourth-order valence-corrected chi connectivity index (χ4v) is 2.23. The number of ether oxygens (including phenoxy) is 3. The molecule has 0 saturated carbocycles. The molecule has 104 valence electrons. The second-order valence-electron chi connectivity index (χ2n) is 5.41. The molecular formula is C13H22O5. The van der Waals surface area contributed by atoms with Crippen LogP contribution >= 0.6 is 0 Å². The van der Waals surface area contributed by atoms with Gasteiger partial charge >= 0.3 is 0 Å². The first-order valence-electron chi connectivity index (χ1n) is 6.64. The third-order valence-corrected chi connectivity index (χ3v) is 3.55. The van der Waals surface area contributed by atoms with Crippen LogP contribution in [0.25, 0.3) is 0 Å². The molecule has 0 aromatic heterocycles. The van der Waals surface area contributed by atoms with Gasteiger partial charge < -0.3 is 19.3 Å². The van der Waals surface area contributed by atoms with Gasteiger partial charge in [-0.25, -0.2) is 0 Å². The number of carbonyl (C=O) groups is 1. The van der Waals surface area contributed by atoms with Crippen LogP contribution in [0.1, 0.15) is 40.0 Å². The monoisotopic (exact) mass is 258 g/mol. The molecule has 0 aromatic carbocycles. The first-order chi connectivity index (χ1) is 8.47. The average molecular weight is 258 g/mol. The molecule has 1 N–H and O–H groups in total. The molecule has 0 bridgehead atoms. The molecule has 0 spiro atoms. The summed E-state index contributed by atoms with van der Waals surface area (Å²) in [5, 5.41) is 9.69. The quantitative estimate of drug-likeness (QED) is 0.821. The minimum absolute atomic E-state index is 0.0479. The summed E-state index contributed by atoms with van der Waals surface area (Å²) >= 11 is 0. The van der Waals surface area contributed by atoms with Gasteiger partial charge in [-0.15, -0.1) is 0 Å². The summed E-state index contributed by atoms with van der Waals surface area (Å²) in [6.45, 7) is 5.60. The van der Waals surface area contributed by atoms with Gasteiger partial charge in [-0.2, -0.15) is 0 Å². The predicted molar refractivity (Wildman–Crippen MR) is 63.8 cm³/mol. The minimum atomic E-state index is -0.508. The SMILES string of the molecule is CC(C)C(=O)CCC1OC2C[C@@H](O)C(C)O[C@H]2O1. The van der Waals surface area contributed by atoms with Crippen molar-refractivity contribution < 1.29 is 24.1 Å². The average Bonchev–Trinajstić information content (AvgIpc) is 2.68. The van der Waals surface area contributed by atoms with E-state index in [1.165, 1.54) is 0 Å². The van der Waals surface area contributed by atoms with Crippen molar-refractivity contribution in [3.8, 4) is 0 Å². The van der Waals surface area contributed by atoms with Crippen LogP contribution < -0.4 is 0 Å². The number of Topliss-reactive ketones (excluding diaryl/α,β-unsaturated/α-hetero) is 1. The van der Waals surface area contributed by atoms with E-state index >= 15 is 0 Å². The zero-order valence-electron chi connectivity index (χ0n) is 11.2. The molecule has 18 heavy (non-hydrogen) atoms. The molecule has 0 aromatic rings. The fraction of sp³-hybridized carbons (Fsp3) is 0.923. The van der Waals surface area contributed by atoms with E-state index in [-0.39, 0.29) is 30.2 Å². The number of rotatable bonds is 4. The van der Waals surface area contributed by atoms with Gasteiger partial charge in [-0.3, -0.25) is 4.79 Å². The Balaban J connectivity index is 1.80. The van der Waals surface area contributed by atoms with Crippen LogP contribution in [0.2, 0.25) is 0 Å². The zero-order chi connectivity index (χ0) is 13.3. The van der Waals surface area contributed by atoms with Crippen LogP contribution in [-0.4, -0.2) is 41.8 Å². The predicted octanol–water partition coefficient (Wildman–Crippen LogP) is 1.23. The van der Waals surface area contributed by atoms with Gasteiger partial charge in [0.15, 0.2) is 12.6 Å². The molecule has 0 radical (unpaired) electrons. The van der Waals surface area contributed by atoms with Crippen molar-refractivity contribution in [3.63, 3.8) is 0 Å². The Hall–Kier alpha value is -0.490. The van der Waals surface area contributed by atoms with Gasteiger partial charge in [0.25, 0.3) is 0 Å². The summed E-state index contributed by atoms with van der Waals surface area (Å²) in [5.41, 5.74) is 0. The molecular weight excluding hydrogens is 236 g/mol. The van der Waals surface area contributed by atoms with Crippen LogP contribution in [0, 0.1) is 5.92 Å². The van der Waals surface area contributed by atoms with Crippen LogP contribution in [0.15, 0.2) is 0 Å². The normalized spacial score (nSPS) is 39.9. The van der Waals surface area contributed by atoms with Crippen LogP contribution in [0.4, 0.5) is 0 Å². The van der Waals surface area contributed by atoms with Crippen LogP contribution in [-0.2, 0) is 19.0 Å². The van der Waals surface area contributed by atoms with E-state index in [9.17, 15) is 9.90 Å². The lowest BCUT2D eigenvalue weighted by atomic mass is 10.0. The van der Waals surface area contributed by atoms with Crippen molar-refractivity contribution in [2.24, 2.45) is 5.92 Å². The molecule has 3 unspecified atom stereocenters. The van der Waals surface area contributed by atoms with Gasteiger partial charge in [-0.1, -0.05) is 13.8 Å². The molecule has 5 atom stereocenters. The zero-order valence-corrected chi connectivity index (χ0v) is 11.2. The second kappa shape index (κ2) is 5.65. The third kappa shape index (κ3) is 3.09. The molecule has 2 saturated heterocycles. The van der Waals surface area contributed by atoms with E-state index < -0.39 is 12.4 Å². The Morgan fingerprint density at radius 1 is 1.33 bits per heavy atom. The van der Waals surface area contributed by atoms with Crippen molar-refractivity contribution in [1.82, 2.24) is 0 Å². The van der Waals surface area contributed by atoms with Crippen molar-refractivity contribution in [2.45, 2.75) is 70.9 Å². The number of ketones is 1. The van der Waals surface area contributed by atoms with Crippen molar-refractivity contribution >= 4 is 5.78 Å². The second-order valence-corrected chi connectivity index (χ2v) is 5.41. The summed E-state index contributed by atoms with van der Waals surface area (Å²) in [6.07, 6.45) is -0.201. The number of hydrogen-bond acceptors (Lipinski definition) is 5. The van der Waals surface area contributed by atoms with E-state index in [1.807, 2.05) is 20.8 Å². The lowest BCUT2D eigenvalue weighted by molar-refractivity contribution is -0.209. The van der Waals surface area contributed by atoms with E-state index in [0.717, 1.165) is 0 Å². The molecule has 2 rings (SSSR count). The number of carbonyl (C=O) groups excluding carboxylic acids is 1. The molecule has 2 aliphatic heterocycles. The van der Waals surface area contributed by atoms with Crippen LogP contribution in [0.3, 0.4) is 0 Å². The first kappa shape index (κ1) is 13.9. The standard InChI is InChI=1S/C13H22O5/c1-7(2)9(14)4-5-12-17-11-6-10(15)8(3)16-13(11)18-12/h7-8,10-13,15H,4-6H2,1-3H3/t8?,10-,11?,12?,13+/m1/s1. The summed E-state index contributed by atoms with van der Waals surface area (Å²) < 4.78 is 16.8. The highest BCUT2D eigenvalue weighted by atomic mass is 16.8. The Kier molecular flexibility index (Phi) is 4.37. The molecule has 2 fully saturated rings. The molecule has 2 heterocycles. The molecule has 0 aliphatic carbocycles. The molecule has 5 heteroatoms. The Labute approximate surface area is 107 Å². The number of aliphatic hydroxyl groups is 1. The van der Waals surface area contributed by atoms with Gasteiger partial charge in [-0.05, 0) is 6.92 Å². The summed E-state index contributed by atoms with van der Waals surface area (Å²) in [7, 11) is 0. The first-order valence-corrected chi connectivity index (χ1v) is 6.64. The van der Waals surface area contributed by atoms with Crippen molar-refractivity contribution in [3.05, 3.63) is 0 Å². The third-order valence-electron chi connectivity index (χ3n) is 3.55. The van der Waals surface area contributed by atoms with Gasteiger partial charge in [0.2, 0.25) is 0 Å². The van der Waals surface area contributed by atoms with Crippen molar-refractivity contribution in [2.75, 3.05) is 0 Å². The smallest absolute Gasteiger partial charge is 0.187 e.